The smallest absolute Gasteiger partial charge is 0.255 e. The fourth-order valence-electron chi connectivity index (χ4n) is 4.40. The number of carbonyl (C=O) groups is 4. The van der Waals surface area contributed by atoms with E-state index in [1.807, 2.05) is 27.7 Å². The molecule has 10 heteroatoms. The van der Waals surface area contributed by atoms with Crippen LogP contribution in [0.5, 0.6) is 5.75 Å². The molecule has 216 valence electrons. The van der Waals surface area contributed by atoms with E-state index in [9.17, 15) is 23.6 Å². The molecule has 0 aromatic heterocycles. The number of amides is 4. The predicted molar refractivity (Wildman–Crippen MR) is 149 cm³/mol. The second-order valence-corrected chi connectivity index (χ2v) is 10.9. The first kappa shape index (κ1) is 30.6. The Hall–Kier alpha value is -3.95. The van der Waals surface area contributed by atoms with Crippen LogP contribution < -0.4 is 20.7 Å². The van der Waals surface area contributed by atoms with Crippen LogP contribution in [-0.2, 0) is 19.8 Å². The second-order valence-electron chi connectivity index (χ2n) is 10.9. The van der Waals surface area contributed by atoms with Crippen LogP contribution in [0.1, 0.15) is 56.5 Å². The molecule has 1 heterocycles. The van der Waals surface area contributed by atoms with Crippen molar-refractivity contribution in [2.24, 2.45) is 5.92 Å². The highest BCUT2D eigenvalue weighted by atomic mass is 19.1. The van der Waals surface area contributed by atoms with E-state index < -0.39 is 35.2 Å². The van der Waals surface area contributed by atoms with E-state index in [0.717, 1.165) is 5.56 Å². The predicted octanol–water partition coefficient (Wildman–Crippen LogP) is 2.79. The van der Waals surface area contributed by atoms with Crippen LogP contribution in [0.25, 0.3) is 0 Å². The lowest BCUT2D eigenvalue weighted by molar-refractivity contribution is -0.137. The molecule has 0 saturated heterocycles. The maximum Gasteiger partial charge on any atom is 0.255 e. The van der Waals surface area contributed by atoms with Crippen molar-refractivity contribution >= 4 is 23.6 Å². The number of nitrogens with one attached hydrogen (secondary N) is 3. The van der Waals surface area contributed by atoms with Gasteiger partial charge in [0.25, 0.3) is 5.91 Å². The first-order valence-corrected chi connectivity index (χ1v) is 13.5. The second kappa shape index (κ2) is 13.4. The molecule has 3 atom stereocenters. The van der Waals surface area contributed by atoms with Crippen molar-refractivity contribution in [1.82, 2.24) is 20.9 Å². The first-order chi connectivity index (χ1) is 18.9. The molecule has 9 nitrogen and oxygen atoms in total. The molecule has 3 rings (SSSR count). The molecular formula is C30H39FN4O5. The standard InChI is InChI=1S/C30H39FN4O5/c1-6-19(2)26-29(39)35(5)15-16-40-24-10-8-7-9-22(24)27(37)33-23(17-25(36)34-26)28(38)32-18-30(3,4)20-11-13-21(31)14-12-20/h7-14,19,23,26H,6,15-18H2,1-5H3,(H,32,38)(H,33,37)(H,34,36)/t19-,23-,26-/m0/s1. The number of para-hydroxylation sites is 1. The van der Waals surface area contributed by atoms with E-state index >= 15 is 0 Å². The quantitative estimate of drug-likeness (QED) is 0.508. The number of fused-ring (bicyclic) bond motifs is 1. The van der Waals surface area contributed by atoms with Crippen molar-refractivity contribution < 1.29 is 28.3 Å². The Balaban J connectivity index is 1.88. The molecule has 40 heavy (non-hydrogen) atoms. The number of carbonyl (C=O) groups excluding carboxylic acids is 4. The van der Waals surface area contributed by atoms with Crippen LogP contribution in [0.15, 0.2) is 48.5 Å². The van der Waals surface area contributed by atoms with E-state index in [1.165, 1.54) is 17.0 Å². The Morgan fingerprint density at radius 1 is 1.12 bits per heavy atom. The number of ether oxygens (including phenoxy) is 1. The highest BCUT2D eigenvalue weighted by Crippen LogP contribution is 2.23. The molecule has 2 aromatic rings. The zero-order valence-corrected chi connectivity index (χ0v) is 23.8. The topological polar surface area (TPSA) is 117 Å². The molecule has 0 saturated carbocycles. The summed E-state index contributed by atoms with van der Waals surface area (Å²) >= 11 is 0. The Morgan fingerprint density at radius 3 is 2.48 bits per heavy atom. The van der Waals surface area contributed by atoms with Gasteiger partial charge in [-0.25, -0.2) is 4.39 Å². The number of likely N-dealkylation sites (N-methyl/N-ethyl adjacent to an activating group) is 1. The molecule has 0 bridgehead atoms. The van der Waals surface area contributed by atoms with Crippen molar-refractivity contribution in [3.8, 4) is 5.75 Å². The van der Waals surface area contributed by atoms with Gasteiger partial charge in [-0.05, 0) is 35.7 Å². The molecule has 4 amide bonds. The highest BCUT2D eigenvalue weighted by Gasteiger charge is 2.32. The maximum atomic E-state index is 13.4. The monoisotopic (exact) mass is 554 g/mol. The van der Waals surface area contributed by atoms with Gasteiger partial charge >= 0.3 is 0 Å². The zero-order chi connectivity index (χ0) is 29.4. The average Bonchev–Trinajstić information content (AvgIpc) is 2.93. The van der Waals surface area contributed by atoms with Gasteiger partial charge in [0, 0.05) is 19.0 Å². The van der Waals surface area contributed by atoms with Gasteiger partial charge in [0.1, 0.15) is 30.3 Å². The summed E-state index contributed by atoms with van der Waals surface area (Å²) in [5.41, 5.74) is 0.457. The van der Waals surface area contributed by atoms with Gasteiger partial charge in [0.15, 0.2) is 0 Å². The minimum absolute atomic E-state index is 0.135. The van der Waals surface area contributed by atoms with Crippen molar-refractivity contribution in [3.63, 3.8) is 0 Å². The van der Waals surface area contributed by atoms with Crippen LogP contribution in [0.2, 0.25) is 0 Å². The maximum absolute atomic E-state index is 13.4. The number of hydrogen-bond donors (Lipinski definition) is 3. The Kier molecular flexibility index (Phi) is 10.3. The normalized spacial score (nSPS) is 19.9. The lowest BCUT2D eigenvalue weighted by atomic mass is 9.84. The largest absolute Gasteiger partial charge is 0.491 e. The summed E-state index contributed by atoms with van der Waals surface area (Å²) in [5.74, 6) is -2.14. The van der Waals surface area contributed by atoms with E-state index in [0.29, 0.717) is 12.2 Å². The third-order valence-electron chi connectivity index (χ3n) is 7.33. The van der Waals surface area contributed by atoms with Crippen LogP contribution in [-0.4, -0.2) is 67.4 Å². The van der Waals surface area contributed by atoms with Gasteiger partial charge in [0.2, 0.25) is 17.7 Å². The van der Waals surface area contributed by atoms with Crippen LogP contribution in [0.3, 0.4) is 0 Å². The summed E-state index contributed by atoms with van der Waals surface area (Å²) in [5, 5.41) is 8.30. The van der Waals surface area contributed by atoms with Crippen molar-refractivity contribution in [2.45, 2.75) is 58.0 Å². The summed E-state index contributed by atoms with van der Waals surface area (Å²) in [4.78, 5) is 54.6. The lowest BCUT2D eigenvalue weighted by Gasteiger charge is -2.30. The van der Waals surface area contributed by atoms with Crippen molar-refractivity contribution in [1.29, 1.82) is 0 Å². The third-order valence-corrected chi connectivity index (χ3v) is 7.33. The van der Waals surface area contributed by atoms with Gasteiger partial charge in [-0.1, -0.05) is 58.4 Å². The van der Waals surface area contributed by atoms with Gasteiger partial charge < -0.3 is 25.6 Å². The average molecular weight is 555 g/mol. The molecule has 1 aliphatic heterocycles. The number of benzene rings is 2. The molecule has 0 aliphatic carbocycles. The van der Waals surface area contributed by atoms with Gasteiger partial charge in [-0.2, -0.15) is 0 Å². The molecule has 0 fully saturated rings. The molecule has 0 unspecified atom stereocenters. The molecule has 2 aromatic carbocycles. The van der Waals surface area contributed by atoms with Crippen LogP contribution in [0, 0.1) is 11.7 Å². The highest BCUT2D eigenvalue weighted by molar-refractivity contribution is 6.01. The Morgan fingerprint density at radius 2 is 1.80 bits per heavy atom. The van der Waals surface area contributed by atoms with Crippen LogP contribution >= 0.6 is 0 Å². The van der Waals surface area contributed by atoms with Crippen molar-refractivity contribution in [3.05, 3.63) is 65.5 Å². The summed E-state index contributed by atoms with van der Waals surface area (Å²) < 4.78 is 19.3. The van der Waals surface area contributed by atoms with Crippen LogP contribution in [0.4, 0.5) is 4.39 Å². The fraction of sp³-hybridized carbons (Fsp3) is 0.467. The molecular weight excluding hydrogens is 515 g/mol. The molecule has 0 radical (unpaired) electrons. The van der Waals surface area contributed by atoms with E-state index in [-0.39, 0.29) is 49.3 Å². The molecule has 3 N–H and O–H groups in total. The molecule has 1 aliphatic rings. The number of rotatable bonds is 6. The minimum Gasteiger partial charge on any atom is -0.491 e. The number of halogens is 1. The van der Waals surface area contributed by atoms with Gasteiger partial charge in [0.05, 0.1) is 18.5 Å². The summed E-state index contributed by atoms with van der Waals surface area (Å²) in [6.45, 7) is 8.15. The summed E-state index contributed by atoms with van der Waals surface area (Å²) in [6.07, 6.45) is 0.273. The zero-order valence-electron chi connectivity index (χ0n) is 23.8. The summed E-state index contributed by atoms with van der Waals surface area (Å²) in [7, 11) is 1.64. The lowest BCUT2D eigenvalue weighted by Crippen LogP contribution is -2.55. The Bertz CT molecular complexity index is 1220. The number of hydrogen-bond acceptors (Lipinski definition) is 5. The summed E-state index contributed by atoms with van der Waals surface area (Å²) in [6, 6.07) is 10.6. The van der Waals surface area contributed by atoms with E-state index in [4.69, 9.17) is 4.74 Å². The minimum atomic E-state index is -1.22. The number of nitrogens with zero attached hydrogens (tertiary/aromatic N) is 1. The van der Waals surface area contributed by atoms with Crippen molar-refractivity contribution in [2.75, 3.05) is 26.7 Å². The van der Waals surface area contributed by atoms with E-state index in [1.54, 1.807) is 43.4 Å². The van der Waals surface area contributed by atoms with Gasteiger partial charge in [-0.3, -0.25) is 19.2 Å². The third kappa shape index (κ3) is 7.80. The van der Waals surface area contributed by atoms with Gasteiger partial charge in [-0.15, -0.1) is 0 Å². The molecule has 0 spiro atoms. The Labute approximate surface area is 234 Å². The SMILES string of the molecule is CC[C@H](C)[C@@H]1NC(=O)C[C@@H](C(=O)NCC(C)(C)c2ccc(F)cc2)NC(=O)c2ccccc2OCCN(C)C1=O. The van der Waals surface area contributed by atoms with E-state index in [2.05, 4.69) is 16.0 Å². The first-order valence-electron chi connectivity index (χ1n) is 13.5. The fourth-order valence-corrected chi connectivity index (χ4v) is 4.40.